The molecule has 1 saturated heterocycles. The van der Waals surface area contributed by atoms with Gasteiger partial charge in [0.2, 0.25) is 5.91 Å². The highest BCUT2D eigenvalue weighted by molar-refractivity contribution is 14.0. The zero-order valence-corrected chi connectivity index (χ0v) is 22.7. The van der Waals surface area contributed by atoms with Crippen molar-refractivity contribution in [3.63, 3.8) is 0 Å². The number of nitrogens with zero attached hydrogens (tertiary/aromatic N) is 3. The minimum atomic E-state index is 0. The molecule has 0 saturated carbocycles. The largest absolute Gasteiger partial charge is 0.357 e. The van der Waals surface area contributed by atoms with Gasteiger partial charge in [-0.2, -0.15) is 0 Å². The molecule has 1 fully saturated rings. The van der Waals surface area contributed by atoms with Crippen LogP contribution in [0.4, 0.5) is 5.69 Å². The molecular weight excluding hydrogens is 541 g/mol. The summed E-state index contributed by atoms with van der Waals surface area (Å²) in [4.78, 5) is 32.7. The molecule has 1 aliphatic rings. The van der Waals surface area contributed by atoms with Gasteiger partial charge in [-0.3, -0.25) is 9.59 Å². The molecule has 1 aliphatic heterocycles. The van der Waals surface area contributed by atoms with Crippen LogP contribution in [0.2, 0.25) is 0 Å². The molecule has 0 aliphatic carbocycles. The first kappa shape index (κ1) is 27.6. The van der Waals surface area contributed by atoms with E-state index in [4.69, 9.17) is 0 Å². The van der Waals surface area contributed by atoms with Crippen LogP contribution >= 0.6 is 24.0 Å². The van der Waals surface area contributed by atoms with Crippen LogP contribution in [-0.2, 0) is 17.9 Å². The average molecular weight is 578 g/mol. The Kier molecular flexibility index (Phi) is 11.3. The average Bonchev–Trinajstić information content (AvgIpc) is 3.28. The van der Waals surface area contributed by atoms with Gasteiger partial charge in [-0.05, 0) is 62.6 Å². The maximum Gasteiger partial charge on any atom is 0.253 e. The molecule has 0 unspecified atom stereocenters. The number of hydrogen-bond donors (Lipinski definition) is 2. The summed E-state index contributed by atoms with van der Waals surface area (Å²) in [6, 6.07) is 15.8. The van der Waals surface area contributed by atoms with Crippen molar-refractivity contribution < 1.29 is 9.59 Å². The summed E-state index contributed by atoms with van der Waals surface area (Å²) in [5.74, 6) is 0.999. The molecule has 0 radical (unpaired) electrons. The number of carbonyl (C=O) groups excluding carboxylic acids is 2. The highest BCUT2D eigenvalue weighted by Gasteiger charge is 2.21. The lowest BCUT2D eigenvalue weighted by atomic mass is 10.1. The molecule has 184 valence electrons. The Morgan fingerprint density at radius 3 is 2.18 bits per heavy atom. The van der Waals surface area contributed by atoms with E-state index < -0.39 is 0 Å². The molecule has 2 aromatic carbocycles. The predicted molar refractivity (Wildman–Crippen MR) is 149 cm³/mol. The molecule has 34 heavy (non-hydrogen) atoms. The van der Waals surface area contributed by atoms with Crippen molar-refractivity contribution in [2.75, 3.05) is 31.1 Å². The van der Waals surface area contributed by atoms with Gasteiger partial charge in [-0.25, -0.2) is 4.99 Å². The van der Waals surface area contributed by atoms with Crippen molar-refractivity contribution in [3.8, 4) is 0 Å². The van der Waals surface area contributed by atoms with E-state index in [2.05, 4.69) is 15.6 Å². The highest BCUT2D eigenvalue weighted by Crippen LogP contribution is 2.21. The molecule has 2 N–H and O–H groups in total. The Bertz CT molecular complexity index is 956. The fourth-order valence-corrected chi connectivity index (χ4v) is 3.86. The zero-order chi connectivity index (χ0) is 23.6. The summed E-state index contributed by atoms with van der Waals surface area (Å²) in [5.41, 5.74) is 3.83. The standard InChI is InChI=1S/C26H35N5O2.HI/c1-4-27-26(28-18-20-9-13-22(14-10-20)25(33)30(5-2)6-3)29-19-21-11-15-23(16-12-21)31-17-7-8-24(31)32;/h9-16H,4-8,17-19H2,1-3H3,(H2,27,28,29);1H. The van der Waals surface area contributed by atoms with Crippen molar-refractivity contribution in [1.82, 2.24) is 15.5 Å². The van der Waals surface area contributed by atoms with Gasteiger partial charge in [0.05, 0.1) is 6.54 Å². The molecule has 0 bridgehead atoms. The number of amides is 2. The molecule has 2 aromatic rings. The lowest BCUT2D eigenvalue weighted by Crippen LogP contribution is -2.36. The molecule has 7 nitrogen and oxygen atoms in total. The van der Waals surface area contributed by atoms with E-state index in [1.807, 2.05) is 79.1 Å². The first-order chi connectivity index (χ1) is 16.0. The normalized spacial score (nSPS) is 13.4. The third-order valence-corrected chi connectivity index (χ3v) is 5.80. The molecule has 0 spiro atoms. The minimum absolute atomic E-state index is 0. The third-order valence-electron chi connectivity index (χ3n) is 5.80. The fourth-order valence-electron chi connectivity index (χ4n) is 3.86. The van der Waals surface area contributed by atoms with Gasteiger partial charge in [0.15, 0.2) is 5.96 Å². The van der Waals surface area contributed by atoms with Crippen LogP contribution in [0.1, 0.15) is 55.1 Å². The number of rotatable bonds is 9. The summed E-state index contributed by atoms with van der Waals surface area (Å²) in [6.45, 7) is 10.2. The molecule has 1 heterocycles. The fraction of sp³-hybridized carbons (Fsp3) is 0.423. The lowest BCUT2D eigenvalue weighted by molar-refractivity contribution is -0.117. The minimum Gasteiger partial charge on any atom is -0.357 e. The first-order valence-corrected chi connectivity index (χ1v) is 11.8. The number of anilines is 1. The van der Waals surface area contributed by atoms with Crippen LogP contribution in [0.3, 0.4) is 0 Å². The Morgan fingerprint density at radius 2 is 1.62 bits per heavy atom. The highest BCUT2D eigenvalue weighted by atomic mass is 127. The summed E-state index contributed by atoms with van der Waals surface area (Å²) in [6.07, 6.45) is 1.57. The van der Waals surface area contributed by atoms with Gasteiger partial charge in [-0.1, -0.05) is 24.3 Å². The summed E-state index contributed by atoms with van der Waals surface area (Å²) in [5, 5.41) is 6.62. The maximum absolute atomic E-state index is 12.5. The van der Waals surface area contributed by atoms with Crippen LogP contribution in [0.5, 0.6) is 0 Å². The second-order valence-electron chi connectivity index (χ2n) is 8.04. The van der Waals surface area contributed by atoms with Gasteiger partial charge in [0.1, 0.15) is 0 Å². The smallest absolute Gasteiger partial charge is 0.253 e. The lowest BCUT2D eigenvalue weighted by Gasteiger charge is -2.18. The van der Waals surface area contributed by atoms with Gasteiger partial charge in [0, 0.05) is 50.4 Å². The van der Waals surface area contributed by atoms with Crippen molar-refractivity contribution in [2.24, 2.45) is 4.99 Å². The molecule has 2 amide bonds. The summed E-state index contributed by atoms with van der Waals surface area (Å²) < 4.78 is 0. The van der Waals surface area contributed by atoms with Crippen molar-refractivity contribution >= 4 is 47.4 Å². The second-order valence-corrected chi connectivity index (χ2v) is 8.04. The summed E-state index contributed by atoms with van der Waals surface area (Å²) in [7, 11) is 0. The van der Waals surface area contributed by atoms with Crippen LogP contribution in [0, 0.1) is 0 Å². The van der Waals surface area contributed by atoms with E-state index in [1.165, 1.54) is 0 Å². The number of halogens is 1. The van der Waals surface area contributed by atoms with E-state index >= 15 is 0 Å². The van der Waals surface area contributed by atoms with E-state index in [1.54, 1.807) is 0 Å². The van der Waals surface area contributed by atoms with Crippen molar-refractivity contribution in [3.05, 3.63) is 65.2 Å². The van der Waals surface area contributed by atoms with E-state index in [-0.39, 0.29) is 35.8 Å². The summed E-state index contributed by atoms with van der Waals surface area (Å²) >= 11 is 0. The second kappa shape index (κ2) is 13.9. The van der Waals surface area contributed by atoms with Gasteiger partial charge in [0.25, 0.3) is 5.91 Å². The molecule has 0 aromatic heterocycles. The van der Waals surface area contributed by atoms with Crippen LogP contribution < -0.4 is 15.5 Å². The monoisotopic (exact) mass is 577 g/mol. The Hall–Kier alpha value is -2.62. The predicted octanol–water partition coefficient (Wildman–Crippen LogP) is 4.17. The zero-order valence-electron chi connectivity index (χ0n) is 20.3. The Morgan fingerprint density at radius 1 is 0.971 bits per heavy atom. The number of benzene rings is 2. The van der Waals surface area contributed by atoms with Crippen LogP contribution in [0.25, 0.3) is 0 Å². The van der Waals surface area contributed by atoms with E-state index in [9.17, 15) is 9.59 Å². The quantitative estimate of drug-likeness (QED) is 0.267. The SMILES string of the molecule is CCNC(=NCc1ccc(N2CCCC2=O)cc1)NCc1ccc(C(=O)N(CC)CC)cc1.I. The topological polar surface area (TPSA) is 77.0 Å². The number of hydrogen-bond acceptors (Lipinski definition) is 3. The third kappa shape index (κ3) is 7.44. The number of guanidine groups is 1. The molecular formula is C26H36IN5O2. The number of carbonyl (C=O) groups is 2. The van der Waals surface area contributed by atoms with Crippen LogP contribution in [0.15, 0.2) is 53.5 Å². The van der Waals surface area contributed by atoms with Gasteiger partial charge >= 0.3 is 0 Å². The molecule has 0 atom stereocenters. The van der Waals surface area contributed by atoms with Gasteiger partial charge in [-0.15, -0.1) is 24.0 Å². The Labute approximate surface area is 220 Å². The first-order valence-electron chi connectivity index (χ1n) is 11.8. The maximum atomic E-state index is 12.5. The number of nitrogens with one attached hydrogen (secondary N) is 2. The Balaban J connectivity index is 0.00000408. The molecule has 8 heteroatoms. The molecule has 3 rings (SSSR count). The van der Waals surface area contributed by atoms with Gasteiger partial charge < -0.3 is 20.4 Å². The number of aliphatic imine (C=N–C) groups is 1. The van der Waals surface area contributed by atoms with E-state index in [0.717, 1.165) is 42.3 Å². The van der Waals surface area contributed by atoms with Crippen molar-refractivity contribution in [1.29, 1.82) is 0 Å². The van der Waals surface area contributed by atoms with Crippen LogP contribution in [-0.4, -0.2) is 48.9 Å². The van der Waals surface area contributed by atoms with Crippen molar-refractivity contribution in [2.45, 2.75) is 46.7 Å². The van der Waals surface area contributed by atoms with E-state index in [0.29, 0.717) is 38.2 Å².